The van der Waals surface area contributed by atoms with Gasteiger partial charge in [0.2, 0.25) is 5.91 Å². The first-order valence-corrected chi connectivity index (χ1v) is 8.89. The van der Waals surface area contributed by atoms with Gasteiger partial charge in [-0.25, -0.2) is 8.78 Å². The van der Waals surface area contributed by atoms with Gasteiger partial charge >= 0.3 is 0 Å². The number of nitrogens with one attached hydrogen (secondary N) is 1. The Morgan fingerprint density at radius 1 is 1.19 bits per heavy atom. The molecule has 2 aromatic carbocycles. The molecule has 1 saturated heterocycles. The zero-order valence-electron chi connectivity index (χ0n) is 15.1. The van der Waals surface area contributed by atoms with Crippen molar-refractivity contribution in [1.82, 2.24) is 5.32 Å². The van der Waals surface area contributed by atoms with Crippen LogP contribution < -0.4 is 10.2 Å². The van der Waals surface area contributed by atoms with Crippen LogP contribution in [0.25, 0.3) is 6.08 Å². The van der Waals surface area contributed by atoms with Crippen molar-refractivity contribution in [2.24, 2.45) is 0 Å². The fraction of sp³-hybridized carbons (Fsp3) is 0.286. The Balaban J connectivity index is 1.66. The van der Waals surface area contributed by atoms with Gasteiger partial charge in [0, 0.05) is 19.2 Å². The summed E-state index contributed by atoms with van der Waals surface area (Å²) in [7, 11) is 0. The highest BCUT2D eigenvalue weighted by atomic mass is 19.1. The maximum Gasteiger partial charge on any atom is 0.244 e. The molecule has 0 radical (unpaired) electrons. The standard InChI is InChI=1S/C21H22F2N2O2/c1-15(24-21(26)8-5-16-3-2-4-18(22)13-16)17-6-7-19(23)20(14-17)25-9-11-27-12-10-25/h2-8,13-15H,9-12H2,1H3,(H,24,26)/b8-5+. The van der Waals surface area contributed by atoms with Crippen molar-refractivity contribution in [2.45, 2.75) is 13.0 Å². The predicted octanol–water partition coefficient (Wildman–Crippen LogP) is 3.69. The molecular formula is C21H22F2N2O2. The second-order valence-electron chi connectivity index (χ2n) is 6.43. The van der Waals surface area contributed by atoms with Crippen LogP contribution in [0.15, 0.2) is 48.5 Å². The second kappa shape index (κ2) is 8.77. The molecule has 0 aromatic heterocycles. The van der Waals surface area contributed by atoms with Crippen molar-refractivity contribution in [3.8, 4) is 0 Å². The molecule has 1 amide bonds. The van der Waals surface area contributed by atoms with Gasteiger partial charge in [-0.3, -0.25) is 4.79 Å². The molecule has 1 N–H and O–H groups in total. The zero-order chi connectivity index (χ0) is 19.2. The van der Waals surface area contributed by atoms with E-state index in [-0.39, 0.29) is 23.6 Å². The highest BCUT2D eigenvalue weighted by Crippen LogP contribution is 2.25. The molecule has 6 heteroatoms. The molecule has 142 valence electrons. The molecule has 27 heavy (non-hydrogen) atoms. The molecular weight excluding hydrogens is 350 g/mol. The third-order valence-electron chi connectivity index (χ3n) is 4.46. The molecule has 4 nitrogen and oxygen atoms in total. The average molecular weight is 372 g/mol. The molecule has 1 fully saturated rings. The average Bonchev–Trinajstić information content (AvgIpc) is 2.67. The minimum Gasteiger partial charge on any atom is -0.378 e. The molecule has 0 aliphatic carbocycles. The minimum atomic E-state index is -0.354. The molecule has 0 bridgehead atoms. The van der Waals surface area contributed by atoms with Crippen LogP contribution in [0.3, 0.4) is 0 Å². The number of morpholine rings is 1. The third-order valence-corrected chi connectivity index (χ3v) is 4.46. The number of hydrogen-bond donors (Lipinski definition) is 1. The highest BCUT2D eigenvalue weighted by Gasteiger charge is 2.17. The Morgan fingerprint density at radius 2 is 1.96 bits per heavy atom. The Hall–Kier alpha value is -2.73. The highest BCUT2D eigenvalue weighted by molar-refractivity contribution is 5.92. The lowest BCUT2D eigenvalue weighted by molar-refractivity contribution is -0.117. The Kier molecular flexibility index (Phi) is 6.19. The SMILES string of the molecule is CC(NC(=O)/C=C/c1cccc(F)c1)c1ccc(F)c(N2CCOCC2)c1. The van der Waals surface area contributed by atoms with Gasteiger partial charge in [-0.1, -0.05) is 18.2 Å². The van der Waals surface area contributed by atoms with E-state index in [9.17, 15) is 13.6 Å². The van der Waals surface area contributed by atoms with Crippen LogP contribution in [0.1, 0.15) is 24.1 Å². The van der Waals surface area contributed by atoms with Crippen LogP contribution in [0.5, 0.6) is 0 Å². The molecule has 1 heterocycles. The smallest absolute Gasteiger partial charge is 0.244 e. The number of rotatable bonds is 5. The van der Waals surface area contributed by atoms with Gasteiger partial charge in [0.25, 0.3) is 0 Å². The molecule has 3 rings (SSSR count). The van der Waals surface area contributed by atoms with E-state index in [1.54, 1.807) is 30.3 Å². The van der Waals surface area contributed by atoms with Crippen molar-refractivity contribution < 1.29 is 18.3 Å². The van der Waals surface area contributed by atoms with E-state index in [1.807, 2.05) is 11.8 Å². The lowest BCUT2D eigenvalue weighted by atomic mass is 10.1. The summed E-state index contributed by atoms with van der Waals surface area (Å²) in [6.07, 6.45) is 2.91. The van der Waals surface area contributed by atoms with Gasteiger partial charge in [0.15, 0.2) is 0 Å². The summed E-state index contributed by atoms with van der Waals surface area (Å²) >= 11 is 0. The van der Waals surface area contributed by atoms with Crippen molar-refractivity contribution in [1.29, 1.82) is 0 Å². The number of nitrogens with zero attached hydrogens (tertiary/aromatic N) is 1. The summed E-state index contributed by atoms with van der Waals surface area (Å²) in [6.45, 7) is 4.25. The van der Waals surface area contributed by atoms with E-state index < -0.39 is 0 Å². The lowest BCUT2D eigenvalue weighted by Gasteiger charge is -2.29. The van der Waals surface area contributed by atoms with Crippen LogP contribution in [0, 0.1) is 11.6 Å². The first kappa shape index (κ1) is 19.0. The summed E-state index contributed by atoms with van der Waals surface area (Å²) in [4.78, 5) is 14.1. The van der Waals surface area contributed by atoms with Crippen LogP contribution in [-0.2, 0) is 9.53 Å². The lowest BCUT2D eigenvalue weighted by Crippen LogP contribution is -2.37. The molecule has 2 aromatic rings. The Bertz CT molecular complexity index is 833. The number of halogens is 2. The monoisotopic (exact) mass is 372 g/mol. The van der Waals surface area contributed by atoms with Crippen LogP contribution >= 0.6 is 0 Å². The fourth-order valence-corrected chi connectivity index (χ4v) is 2.97. The Labute approximate surface area is 157 Å². The molecule has 1 aliphatic rings. The van der Waals surface area contributed by atoms with E-state index >= 15 is 0 Å². The van der Waals surface area contributed by atoms with Gasteiger partial charge in [0.05, 0.1) is 24.9 Å². The third kappa shape index (κ3) is 5.14. The second-order valence-corrected chi connectivity index (χ2v) is 6.43. The van der Waals surface area contributed by atoms with E-state index in [1.165, 1.54) is 24.3 Å². The van der Waals surface area contributed by atoms with E-state index in [0.29, 0.717) is 37.6 Å². The van der Waals surface area contributed by atoms with Crippen molar-refractivity contribution in [3.05, 3.63) is 71.3 Å². The summed E-state index contributed by atoms with van der Waals surface area (Å²) in [5.41, 5.74) is 1.94. The number of ether oxygens (including phenoxy) is 1. The molecule has 1 atom stereocenters. The normalized spacial score (nSPS) is 15.7. The summed E-state index contributed by atoms with van der Waals surface area (Å²) in [5.74, 6) is -0.943. The van der Waals surface area contributed by atoms with Gasteiger partial charge < -0.3 is 15.0 Å². The topological polar surface area (TPSA) is 41.6 Å². The number of amides is 1. The number of carbonyl (C=O) groups is 1. The van der Waals surface area contributed by atoms with Gasteiger partial charge in [0.1, 0.15) is 11.6 Å². The quantitative estimate of drug-likeness (QED) is 0.814. The number of anilines is 1. The van der Waals surface area contributed by atoms with Crippen LogP contribution in [0.4, 0.5) is 14.5 Å². The van der Waals surface area contributed by atoms with E-state index in [2.05, 4.69) is 5.32 Å². The Morgan fingerprint density at radius 3 is 2.70 bits per heavy atom. The number of benzene rings is 2. The predicted molar refractivity (Wildman–Crippen MR) is 101 cm³/mol. The van der Waals surface area contributed by atoms with Crippen LogP contribution in [0.2, 0.25) is 0 Å². The number of hydrogen-bond acceptors (Lipinski definition) is 3. The molecule has 0 spiro atoms. The maximum absolute atomic E-state index is 14.2. The van der Waals surface area contributed by atoms with Gasteiger partial charge in [-0.2, -0.15) is 0 Å². The minimum absolute atomic E-state index is 0.287. The summed E-state index contributed by atoms with van der Waals surface area (Å²) in [5, 5.41) is 2.85. The van der Waals surface area contributed by atoms with E-state index in [4.69, 9.17) is 4.74 Å². The van der Waals surface area contributed by atoms with Crippen molar-refractivity contribution >= 4 is 17.7 Å². The maximum atomic E-state index is 14.2. The zero-order valence-corrected chi connectivity index (χ0v) is 15.1. The largest absolute Gasteiger partial charge is 0.378 e. The number of carbonyl (C=O) groups excluding carboxylic acids is 1. The first-order valence-electron chi connectivity index (χ1n) is 8.89. The molecule has 0 saturated carbocycles. The molecule has 1 aliphatic heterocycles. The van der Waals surface area contributed by atoms with E-state index in [0.717, 1.165) is 5.56 Å². The summed E-state index contributed by atoms with van der Waals surface area (Å²) < 4.78 is 32.7. The van der Waals surface area contributed by atoms with Crippen molar-refractivity contribution in [2.75, 3.05) is 31.2 Å². The first-order chi connectivity index (χ1) is 13.0. The fourth-order valence-electron chi connectivity index (χ4n) is 2.97. The van der Waals surface area contributed by atoms with Gasteiger partial charge in [-0.15, -0.1) is 0 Å². The molecule has 1 unspecified atom stereocenters. The summed E-state index contributed by atoms with van der Waals surface area (Å²) in [6, 6.07) is 10.6. The van der Waals surface area contributed by atoms with Gasteiger partial charge in [-0.05, 0) is 48.4 Å². The van der Waals surface area contributed by atoms with Crippen molar-refractivity contribution in [3.63, 3.8) is 0 Å². The van der Waals surface area contributed by atoms with Crippen LogP contribution in [-0.4, -0.2) is 32.2 Å².